The molecule has 4 nitrogen and oxygen atoms in total. The van der Waals surface area contributed by atoms with Crippen molar-refractivity contribution in [1.29, 1.82) is 0 Å². The Morgan fingerprint density at radius 3 is 2.57 bits per heavy atom. The number of nitrogens with zero attached hydrogens (tertiary/aromatic N) is 3. The average molecular weight is 309 g/mol. The summed E-state index contributed by atoms with van der Waals surface area (Å²) in [6, 6.07) is 17.2. The predicted octanol–water partition coefficient (Wildman–Crippen LogP) is 1.98. The van der Waals surface area contributed by atoms with Crippen LogP contribution in [0.1, 0.15) is 11.5 Å². The maximum absolute atomic E-state index is 9.88. The lowest BCUT2D eigenvalue weighted by molar-refractivity contribution is 0.209. The highest BCUT2D eigenvalue weighted by atomic mass is 16.3. The lowest BCUT2D eigenvalue weighted by Gasteiger charge is -2.40. The molecule has 1 N–H and O–H groups in total. The molecule has 0 spiro atoms. The van der Waals surface area contributed by atoms with Gasteiger partial charge in [0.25, 0.3) is 0 Å². The van der Waals surface area contributed by atoms with Crippen LogP contribution in [0.15, 0.2) is 54.7 Å². The molecule has 2 fully saturated rings. The molecule has 1 aromatic carbocycles. The van der Waals surface area contributed by atoms with Crippen LogP contribution < -0.4 is 4.90 Å². The Morgan fingerprint density at radius 2 is 1.83 bits per heavy atom. The van der Waals surface area contributed by atoms with Gasteiger partial charge < -0.3 is 10.0 Å². The molecule has 2 aliphatic heterocycles. The maximum atomic E-state index is 9.88. The van der Waals surface area contributed by atoms with Gasteiger partial charge in [-0.1, -0.05) is 36.4 Å². The zero-order chi connectivity index (χ0) is 15.6. The Balaban J connectivity index is 1.61. The number of rotatable bonds is 3. The summed E-state index contributed by atoms with van der Waals surface area (Å²) in [6.45, 7) is 4.29. The minimum absolute atomic E-state index is 0.260. The van der Waals surface area contributed by atoms with E-state index in [-0.39, 0.29) is 6.61 Å². The van der Waals surface area contributed by atoms with Gasteiger partial charge in [-0.2, -0.15) is 0 Å². The molecule has 4 rings (SSSR count). The first-order valence-electron chi connectivity index (χ1n) is 8.42. The molecule has 23 heavy (non-hydrogen) atoms. The van der Waals surface area contributed by atoms with Gasteiger partial charge >= 0.3 is 0 Å². The molecule has 0 bridgehead atoms. The van der Waals surface area contributed by atoms with E-state index in [0.717, 1.165) is 32.0 Å². The molecule has 0 saturated carbocycles. The SMILES string of the molecule is OC[C@H]1CN2CCN(c3ccccn3)C[C@@H]2[C@@H]1c1ccccc1. The number of pyridine rings is 1. The molecule has 120 valence electrons. The molecule has 3 atom stereocenters. The topological polar surface area (TPSA) is 39.6 Å². The van der Waals surface area contributed by atoms with Crippen molar-refractivity contribution in [2.45, 2.75) is 12.0 Å². The van der Waals surface area contributed by atoms with Crippen LogP contribution in [-0.2, 0) is 0 Å². The number of fused-ring (bicyclic) bond motifs is 1. The summed E-state index contributed by atoms with van der Waals surface area (Å²) in [5.74, 6) is 1.78. The number of benzene rings is 1. The fraction of sp³-hybridized carbons (Fsp3) is 0.421. The fourth-order valence-corrected chi connectivity index (χ4v) is 4.23. The lowest BCUT2D eigenvalue weighted by atomic mass is 9.84. The highest BCUT2D eigenvalue weighted by Crippen LogP contribution is 2.40. The van der Waals surface area contributed by atoms with Crippen LogP contribution in [0.25, 0.3) is 0 Å². The van der Waals surface area contributed by atoms with E-state index in [9.17, 15) is 5.11 Å². The largest absolute Gasteiger partial charge is 0.396 e. The molecule has 0 amide bonds. The Bertz CT molecular complexity index is 634. The summed E-state index contributed by atoms with van der Waals surface area (Å²) >= 11 is 0. The quantitative estimate of drug-likeness (QED) is 0.941. The minimum Gasteiger partial charge on any atom is -0.396 e. The van der Waals surface area contributed by atoms with Gasteiger partial charge in [0, 0.05) is 56.9 Å². The molecule has 4 heteroatoms. The van der Waals surface area contributed by atoms with E-state index in [0.29, 0.717) is 17.9 Å². The Morgan fingerprint density at radius 1 is 1.00 bits per heavy atom. The third-order valence-electron chi connectivity index (χ3n) is 5.32. The molecule has 2 saturated heterocycles. The zero-order valence-corrected chi connectivity index (χ0v) is 13.3. The summed E-state index contributed by atoms with van der Waals surface area (Å²) in [5.41, 5.74) is 1.35. The highest BCUT2D eigenvalue weighted by molar-refractivity contribution is 5.40. The maximum Gasteiger partial charge on any atom is 0.128 e. The number of piperazine rings is 1. The van der Waals surface area contributed by atoms with Crippen LogP contribution in [-0.4, -0.2) is 53.8 Å². The van der Waals surface area contributed by atoms with Crippen LogP contribution in [0.5, 0.6) is 0 Å². The Kier molecular flexibility index (Phi) is 4.02. The molecule has 0 unspecified atom stereocenters. The van der Waals surface area contributed by atoms with Crippen LogP contribution in [0.4, 0.5) is 5.82 Å². The molecule has 0 radical (unpaired) electrons. The van der Waals surface area contributed by atoms with Crippen molar-refractivity contribution >= 4 is 5.82 Å². The van der Waals surface area contributed by atoms with E-state index in [1.807, 2.05) is 12.3 Å². The van der Waals surface area contributed by atoms with Crippen molar-refractivity contribution < 1.29 is 5.11 Å². The monoisotopic (exact) mass is 309 g/mol. The van der Waals surface area contributed by atoms with E-state index in [1.165, 1.54) is 5.56 Å². The van der Waals surface area contributed by atoms with Gasteiger partial charge in [0.15, 0.2) is 0 Å². The third-order valence-corrected chi connectivity index (χ3v) is 5.32. The van der Waals surface area contributed by atoms with Gasteiger partial charge in [-0.05, 0) is 17.7 Å². The highest BCUT2D eigenvalue weighted by Gasteiger charge is 2.44. The van der Waals surface area contributed by atoms with E-state index in [2.05, 4.69) is 57.2 Å². The number of hydrogen-bond acceptors (Lipinski definition) is 4. The second-order valence-electron chi connectivity index (χ2n) is 6.58. The molecular weight excluding hydrogens is 286 g/mol. The summed E-state index contributed by atoms with van der Waals surface area (Å²) in [6.07, 6.45) is 1.86. The second-order valence-corrected chi connectivity index (χ2v) is 6.58. The standard InChI is InChI=1S/C19H23N3O/c23-14-16-12-21-10-11-22(18-8-4-5-9-20-18)13-17(21)19(16)15-6-2-1-3-7-15/h1-9,16-17,19,23H,10-14H2/t16-,17-,19-/m1/s1. The molecule has 0 aliphatic carbocycles. The Hall–Kier alpha value is -1.91. The zero-order valence-electron chi connectivity index (χ0n) is 13.3. The number of aliphatic hydroxyl groups is 1. The predicted molar refractivity (Wildman–Crippen MR) is 91.6 cm³/mol. The lowest BCUT2D eigenvalue weighted by Crippen LogP contribution is -2.51. The first-order chi connectivity index (χ1) is 11.4. The minimum atomic E-state index is 0.260. The number of aromatic nitrogens is 1. The van der Waals surface area contributed by atoms with Crippen LogP contribution in [0.2, 0.25) is 0 Å². The van der Waals surface area contributed by atoms with E-state index < -0.39 is 0 Å². The fourth-order valence-electron chi connectivity index (χ4n) is 4.23. The van der Waals surface area contributed by atoms with Gasteiger partial charge in [-0.25, -0.2) is 4.98 Å². The van der Waals surface area contributed by atoms with Crippen molar-refractivity contribution in [1.82, 2.24) is 9.88 Å². The van der Waals surface area contributed by atoms with Gasteiger partial charge in [0.1, 0.15) is 5.82 Å². The van der Waals surface area contributed by atoms with Gasteiger partial charge in [0.05, 0.1) is 0 Å². The van der Waals surface area contributed by atoms with Crippen molar-refractivity contribution in [2.75, 3.05) is 37.7 Å². The number of aliphatic hydroxyl groups excluding tert-OH is 1. The first kappa shape index (κ1) is 14.7. The van der Waals surface area contributed by atoms with Crippen LogP contribution >= 0.6 is 0 Å². The van der Waals surface area contributed by atoms with Crippen LogP contribution in [0, 0.1) is 5.92 Å². The molecule has 2 aromatic rings. The van der Waals surface area contributed by atoms with Gasteiger partial charge in [-0.15, -0.1) is 0 Å². The summed E-state index contributed by atoms with van der Waals surface area (Å²) in [7, 11) is 0. The van der Waals surface area contributed by atoms with E-state index in [1.54, 1.807) is 0 Å². The van der Waals surface area contributed by atoms with Crippen LogP contribution in [0.3, 0.4) is 0 Å². The van der Waals surface area contributed by atoms with Crippen molar-refractivity contribution in [3.8, 4) is 0 Å². The van der Waals surface area contributed by atoms with E-state index in [4.69, 9.17) is 0 Å². The average Bonchev–Trinajstić information content (AvgIpc) is 3.01. The summed E-state index contributed by atoms with van der Waals surface area (Å²) in [4.78, 5) is 9.45. The van der Waals surface area contributed by atoms with E-state index >= 15 is 0 Å². The van der Waals surface area contributed by atoms with Gasteiger partial charge in [-0.3, -0.25) is 4.90 Å². The van der Waals surface area contributed by atoms with Crippen molar-refractivity contribution in [2.24, 2.45) is 5.92 Å². The Labute approximate surface area is 137 Å². The molecule has 1 aromatic heterocycles. The molecular formula is C19H23N3O. The smallest absolute Gasteiger partial charge is 0.128 e. The molecule has 2 aliphatic rings. The molecule has 3 heterocycles. The first-order valence-corrected chi connectivity index (χ1v) is 8.42. The summed E-state index contributed by atoms with van der Waals surface area (Å²) < 4.78 is 0. The van der Waals surface area contributed by atoms with Crippen molar-refractivity contribution in [3.63, 3.8) is 0 Å². The number of hydrogen-bond donors (Lipinski definition) is 1. The summed E-state index contributed by atoms with van der Waals surface area (Å²) in [5, 5.41) is 9.88. The van der Waals surface area contributed by atoms with Gasteiger partial charge in [0.2, 0.25) is 0 Å². The third kappa shape index (κ3) is 2.73. The normalized spacial score (nSPS) is 27.9. The number of anilines is 1. The van der Waals surface area contributed by atoms with Crippen molar-refractivity contribution in [3.05, 3.63) is 60.3 Å². The second kappa shape index (κ2) is 6.30.